The molecule has 1 N–H and O–H groups in total. The molecule has 0 aliphatic carbocycles. The maximum absolute atomic E-state index is 5.28. The molecule has 0 atom stereocenters. The summed E-state index contributed by atoms with van der Waals surface area (Å²) in [7, 11) is 3.35. The number of halogens is 1. The van der Waals surface area contributed by atoms with Gasteiger partial charge in [-0.3, -0.25) is 0 Å². The minimum absolute atomic E-state index is 0.805. The van der Waals surface area contributed by atoms with Gasteiger partial charge in [0, 0.05) is 6.54 Å². The number of ether oxygens (including phenoxy) is 2. The predicted molar refractivity (Wildman–Crippen MR) is 65.0 cm³/mol. The number of rotatable bonds is 6. The first-order chi connectivity index (χ1) is 7.31. The van der Waals surface area contributed by atoms with Crippen LogP contribution < -0.4 is 14.8 Å². The average molecular weight is 274 g/mol. The van der Waals surface area contributed by atoms with E-state index in [1.807, 2.05) is 18.2 Å². The third-order valence-electron chi connectivity index (χ3n) is 2.15. The number of hydrogen-bond donors (Lipinski definition) is 1. The Balaban J connectivity index is 2.72. The Bertz CT molecular complexity index is 305. The maximum atomic E-state index is 5.28. The van der Waals surface area contributed by atoms with Gasteiger partial charge in [-0.2, -0.15) is 0 Å². The summed E-state index contributed by atoms with van der Waals surface area (Å²) in [6.07, 6.45) is 0.923. The first-order valence-corrected chi connectivity index (χ1v) is 5.91. The van der Waals surface area contributed by atoms with Crippen LogP contribution in [-0.4, -0.2) is 26.2 Å². The highest BCUT2D eigenvalue weighted by atomic mass is 79.9. The second-order valence-corrected chi connectivity index (χ2v) is 3.62. The van der Waals surface area contributed by atoms with E-state index >= 15 is 0 Å². The summed E-state index contributed by atoms with van der Waals surface area (Å²) in [5.74, 6) is 1.77. The molecule has 1 rings (SSSR count). The smallest absolute Gasteiger partial charge is 0.122 e. The minimum atomic E-state index is 0.805. The lowest BCUT2D eigenvalue weighted by atomic mass is 10.1. The first kappa shape index (κ1) is 12.3. The molecular formula is C11H16BrNO2. The zero-order valence-corrected chi connectivity index (χ0v) is 10.6. The fourth-order valence-electron chi connectivity index (χ4n) is 1.37. The Morgan fingerprint density at radius 3 is 2.67 bits per heavy atom. The van der Waals surface area contributed by atoms with Gasteiger partial charge in [-0.1, -0.05) is 15.9 Å². The Labute approximate surface area is 98.9 Å². The third kappa shape index (κ3) is 3.72. The van der Waals surface area contributed by atoms with E-state index in [4.69, 9.17) is 9.47 Å². The van der Waals surface area contributed by atoms with Gasteiger partial charge >= 0.3 is 0 Å². The zero-order chi connectivity index (χ0) is 11.1. The lowest BCUT2D eigenvalue weighted by molar-refractivity contribution is 0.398. The highest BCUT2D eigenvalue weighted by molar-refractivity contribution is 9.09. The van der Waals surface area contributed by atoms with E-state index in [-0.39, 0.29) is 0 Å². The Morgan fingerprint density at radius 1 is 1.27 bits per heavy atom. The molecule has 0 aromatic heterocycles. The molecule has 4 heteroatoms. The van der Waals surface area contributed by atoms with Crippen LogP contribution in [0, 0.1) is 0 Å². The van der Waals surface area contributed by atoms with Crippen LogP contribution in [0.4, 0.5) is 0 Å². The molecule has 0 fully saturated rings. The molecule has 0 aliphatic heterocycles. The zero-order valence-electron chi connectivity index (χ0n) is 9.05. The van der Waals surface area contributed by atoms with Gasteiger partial charge in [-0.05, 0) is 30.2 Å². The van der Waals surface area contributed by atoms with Gasteiger partial charge in [0.25, 0.3) is 0 Å². The summed E-state index contributed by atoms with van der Waals surface area (Å²) in [5, 5.41) is 3.21. The van der Waals surface area contributed by atoms with Gasteiger partial charge in [0.05, 0.1) is 19.7 Å². The van der Waals surface area contributed by atoms with Gasteiger partial charge in [-0.25, -0.2) is 0 Å². The van der Waals surface area contributed by atoms with Crippen LogP contribution in [0.5, 0.6) is 11.5 Å². The second-order valence-electron chi connectivity index (χ2n) is 3.06. The molecule has 0 aliphatic rings. The summed E-state index contributed by atoms with van der Waals surface area (Å²) in [5.41, 5.74) is 1.96. The summed E-state index contributed by atoms with van der Waals surface area (Å²) in [4.78, 5) is 0. The van der Waals surface area contributed by atoms with Crippen molar-refractivity contribution in [3.8, 4) is 11.5 Å². The molecule has 0 saturated carbocycles. The lowest BCUT2D eigenvalue weighted by Crippen LogP contribution is -2.14. The van der Waals surface area contributed by atoms with E-state index in [0.717, 1.165) is 35.5 Å². The molecule has 1 aromatic carbocycles. The van der Waals surface area contributed by atoms with Crippen molar-refractivity contribution in [2.75, 3.05) is 26.2 Å². The van der Waals surface area contributed by atoms with Crippen molar-refractivity contribution >= 4 is 15.9 Å². The van der Waals surface area contributed by atoms with E-state index in [9.17, 15) is 0 Å². The van der Waals surface area contributed by atoms with Gasteiger partial charge < -0.3 is 14.8 Å². The number of hydrogen-bond acceptors (Lipinski definition) is 3. The molecule has 0 radical (unpaired) electrons. The van der Waals surface area contributed by atoms with Crippen molar-refractivity contribution < 1.29 is 9.47 Å². The largest absolute Gasteiger partial charge is 0.497 e. The fraction of sp³-hybridized carbons (Fsp3) is 0.455. The highest BCUT2D eigenvalue weighted by Crippen LogP contribution is 2.23. The van der Waals surface area contributed by atoms with Crippen LogP contribution in [0.3, 0.4) is 0 Å². The van der Waals surface area contributed by atoms with Gasteiger partial charge in [0.15, 0.2) is 0 Å². The van der Waals surface area contributed by atoms with Gasteiger partial charge in [0.1, 0.15) is 11.5 Å². The molecule has 84 valence electrons. The topological polar surface area (TPSA) is 30.5 Å². The van der Waals surface area contributed by atoms with Crippen molar-refractivity contribution in [1.29, 1.82) is 0 Å². The van der Waals surface area contributed by atoms with Crippen molar-refractivity contribution in [1.82, 2.24) is 5.32 Å². The van der Waals surface area contributed by atoms with E-state index in [0.29, 0.717) is 0 Å². The first-order valence-electron chi connectivity index (χ1n) is 4.79. The number of benzene rings is 1. The molecule has 1 aromatic rings. The normalized spacial score (nSPS) is 10.1. The van der Waals surface area contributed by atoms with Crippen LogP contribution in [-0.2, 0) is 6.42 Å². The van der Waals surface area contributed by atoms with Crippen molar-refractivity contribution in [3.05, 3.63) is 23.8 Å². The van der Waals surface area contributed by atoms with Crippen LogP contribution in [0.1, 0.15) is 5.56 Å². The molecule has 0 amide bonds. The molecule has 0 unspecified atom stereocenters. The number of alkyl halides is 1. The number of nitrogens with one attached hydrogen (secondary N) is 1. The molecule has 0 bridgehead atoms. The van der Waals surface area contributed by atoms with E-state index in [1.165, 1.54) is 0 Å². The van der Waals surface area contributed by atoms with Crippen LogP contribution in [0.2, 0.25) is 0 Å². The summed E-state index contributed by atoms with van der Waals surface area (Å²) in [6.45, 7) is 0.911. The molecule has 15 heavy (non-hydrogen) atoms. The third-order valence-corrected chi connectivity index (χ3v) is 2.55. The standard InChI is InChI=1S/C11H16BrNO2/c1-14-10-3-4-11(15-2)9(7-10)5-6-13-8-12/h3-4,7,13H,5-6,8H2,1-2H3. The average Bonchev–Trinajstić information content (AvgIpc) is 2.29. The van der Waals surface area contributed by atoms with Crippen LogP contribution in [0.25, 0.3) is 0 Å². The molecule has 0 spiro atoms. The monoisotopic (exact) mass is 273 g/mol. The van der Waals surface area contributed by atoms with Crippen molar-refractivity contribution in [2.24, 2.45) is 0 Å². The fourth-order valence-corrected chi connectivity index (χ4v) is 1.65. The highest BCUT2D eigenvalue weighted by Gasteiger charge is 2.04. The van der Waals surface area contributed by atoms with Crippen LogP contribution >= 0.6 is 15.9 Å². The Hall–Kier alpha value is -0.740. The SMILES string of the molecule is COc1ccc(OC)c(CCNCBr)c1. The van der Waals surface area contributed by atoms with Crippen LogP contribution in [0.15, 0.2) is 18.2 Å². The van der Waals surface area contributed by atoms with Gasteiger partial charge in [-0.15, -0.1) is 0 Å². The Morgan fingerprint density at radius 2 is 2.07 bits per heavy atom. The maximum Gasteiger partial charge on any atom is 0.122 e. The van der Waals surface area contributed by atoms with E-state index < -0.39 is 0 Å². The predicted octanol–water partition coefficient (Wildman–Crippen LogP) is 2.19. The quantitative estimate of drug-likeness (QED) is 0.490. The summed E-state index contributed by atoms with van der Waals surface area (Å²) < 4.78 is 10.5. The van der Waals surface area contributed by atoms with E-state index in [2.05, 4.69) is 21.2 Å². The second kappa shape index (κ2) is 6.69. The van der Waals surface area contributed by atoms with Crippen molar-refractivity contribution in [3.63, 3.8) is 0 Å². The molecule has 3 nitrogen and oxygen atoms in total. The van der Waals surface area contributed by atoms with Crippen molar-refractivity contribution in [2.45, 2.75) is 6.42 Å². The molecule has 0 heterocycles. The molecule has 0 saturated heterocycles. The summed E-state index contributed by atoms with van der Waals surface area (Å²) >= 11 is 3.32. The van der Waals surface area contributed by atoms with Gasteiger partial charge in [0.2, 0.25) is 0 Å². The minimum Gasteiger partial charge on any atom is -0.497 e. The molecular weight excluding hydrogens is 258 g/mol. The van der Waals surface area contributed by atoms with E-state index in [1.54, 1.807) is 14.2 Å². The summed E-state index contributed by atoms with van der Waals surface area (Å²) in [6, 6.07) is 5.84. The number of methoxy groups -OCH3 is 2. The Kier molecular flexibility index (Phi) is 5.50. The lowest BCUT2D eigenvalue weighted by Gasteiger charge is -2.10.